The predicted octanol–water partition coefficient (Wildman–Crippen LogP) is 2.86. The number of guanidine groups is 1. The zero-order valence-corrected chi connectivity index (χ0v) is 17.3. The first-order valence-corrected chi connectivity index (χ1v) is 10.3. The minimum absolute atomic E-state index is 0.446. The molecule has 150 valence electrons. The largest absolute Gasteiger partial charge is 0.357 e. The van der Waals surface area contributed by atoms with E-state index in [1.165, 1.54) is 11.1 Å². The third kappa shape index (κ3) is 5.68. The highest BCUT2D eigenvalue weighted by molar-refractivity contribution is 5.80. The first-order chi connectivity index (χ1) is 13.7. The molecule has 0 radical (unpaired) electrons. The van der Waals surface area contributed by atoms with Gasteiger partial charge in [-0.05, 0) is 69.4 Å². The number of nitrogens with zero attached hydrogens (tertiary/aromatic N) is 4. The third-order valence-corrected chi connectivity index (χ3v) is 5.17. The molecular weight excluding hydrogens is 348 g/mol. The van der Waals surface area contributed by atoms with Crippen molar-refractivity contribution < 1.29 is 0 Å². The molecule has 0 amide bonds. The number of aliphatic imine (C=N–C) groups is 1. The van der Waals surface area contributed by atoms with Crippen molar-refractivity contribution in [3.05, 3.63) is 53.5 Å². The van der Waals surface area contributed by atoms with Gasteiger partial charge in [0.2, 0.25) is 0 Å². The van der Waals surface area contributed by atoms with E-state index in [0.717, 1.165) is 62.9 Å². The lowest BCUT2D eigenvalue weighted by Crippen LogP contribution is -2.49. The molecule has 2 aromatic heterocycles. The molecule has 0 unspecified atom stereocenters. The molecule has 1 fully saturated rings. The van der Waals surface area contributed by atoms with E-state index < -0.39 is 0 Å². The van der Waals surface area contributed by atoms with Gasteiger partial charge in [0, 0.05) is 50.3 Å². The van der Waals surface area contributed by atoms with Gasteiger partial charge in [0.05, 0.1) is 0 Å². The van der Waals surface area contributed by atoms with E-state index in [4.69, 9.17) is 4.99 Å². The molecule has 0 atom stereocenters. The van der Waals surface area contributed by atoms with Crippen LogP contribution >= 0.6 is 0 Å². The summed E-state index contributed by atoms with van der Waals surface area (Å²) in [6.45, 7) is 9.93. The zero-order chi connectivity index (χ0) is 19.8. The van der Waals surface area contributed by atoms with E-state index in [1.54, 1.807) is 0 Å². The number of nitrogens with one attached hydrogen (secondary N) is 2. The summed E-state index contributed by atoms with van der Waals surface area (Å²) >= 11 is 0. The first kappa shape index (κ1) is 20.1. The Bertz CT molecular complexity index is 780. The molecule has 2 N–H and O–H groups in total. The second kappa shape index (κ2) is 10.1. The van der Waals surface area contributed by atoms with Crippen molar-refractivity contribution in [2.75, 3.05) is 31.1 Å². The van der Waals surface area contributed by atoms with Gasteiger partial charge in [-0.2, -0.15) is 0 Å². The number of piperidine rings is 1. The van der Waals surface area contributed by atoms with Crippen molar-refractivity contribution in [3.63, 3.8) is 0 Å². The lowest BCUT2D eigenvalue weighted by Gasteiger charge is -2.34. The standard InChI is InChI=1S/C22H32N6/c1-4-24-22(25-13-9-19-8-12-23-16-17(19)2)27-20-10-14-28(15-11-20)21-7-5-6-18(3)26-21/h5-8,12,16,20H,4,9-11,13-15H2,1-3H3,(H2,24,25,27). The minimum Gasteiger partial charge on any atom is -0.357 e. The van der Waals surface area contributed by atoms with Gasteiger partial charge in [0.25, 0.3) is 0 Å². The Hall–Kier alpha value is -2.63. The van der Waals surface area contributed by atoms with Gasteiger partial charge >= 0.3 is 0 Å². The van der Waals surface area contributed by atoms with E-state index >= 15 is 0 Å². The Morgan fingerprint density at radius 1 is 1.21 bits per heavy atom. The average molecular weight is 381 g/mol. The summed E-state index contributed by atoms with van der Waals surface area (Å²) in [5.41, 5.74) is 3.62. The molecule has 0 bridgehead atoms. The van der Waals surface area contributed by atoms with Crippen LogP contribution in [0.4, 0.5) is 5.82 Å². The van der Waals surface area contributed by atoms with Gasteiger partial charge in [-0.15, -0.1) is 0 Å². The van der Waals surface area contributed by atoms with Crippen LogP contribution in [0.15, 0.2) is 41.7 Å². The number of anilines is 1. The average Bonchev–Trinajstić information content (AvgIpc) is 2.70. The normalized spacial score (nSPS) is 15.5. The highest BCUT2D eigenvalue weighted by atomic mass is 15.2. The number of hydrogen-bond acceptors (Lipinski definition) is 4. The number of pyridine rings is 2. The lowest BCUT2D eigenvalue weighted by molar-refractivity contribution is 0.459. The fourth-order valence-electron chi connectivity index (χ4n) is 3.54. The summed E-state index contributed by atoms with van der Waals surface area (Å²) in [5.74, 6) is 2.01. The summed E-state index contributed by atoms with van der Waals surface area (Å²) in [4.78, 5) is 16.0. The monoisotopic (exact) mass is 380 g/mol. The van der Waals surface area contributed by atoms with Crippen molar-refractivity contribution in [1.29, 1.82) is 0 Å². The van der Waals surface area contributed by atoms with Gasteiger partial charge in [0.1, 0.15) is 5.82 Å². The van der Waals surface area contributed by atoms with E-state index in [1.807, 2.05) is 25.4 Å². The highest BCUT2D eigenvalue weighted by Gasteiger charge is 2.20. The van der Waals surface area contributed by atoms with Crippen molar-refractivity contribution in [2.24, 2.45) is 4.99 Å². The second-order valence-corrected chi connectivity index (χ2v) is 7.36. The predicted molar refractivity (Wildman–Crippen MR) is 116 cm³/mol. The number of aromatic nitrogens is 2. The minimum atomic E-state index is 0.446. The molecular formula is C22H32N6. The Morgan fingerprint density at radius 3 is 2.75 bits per heavy atom. The Labute approximate surface area is 168 Å². The van der Waals surface area contributed by atoms with Gasteiger partial charge in [0.15, 0.2) is 5.96 Å². The summed E-state index contributed by atoms with van der Waals surface area (Å²) in [5, 5.41) is 7.00. The summed E-state index contributed by atoms with van der Waals surface area (Å²) in [6, 6.07) is 8.77. The summed E-state index contributed by atoms with van der Waals surface area (Å²) in [7, 11) is 0. The van der Waals surface area contributed by atoms with E-state index in [9.17, 15) is 0 Å². The Kier molecular flexibility index (Phi) is 7.23. The molecule has 1 aliphatic rings. The van der Waals surface area contributed by atoms with Crippen LogP contribution in [0, 0.1) is 13.8 Å². The van der Waals surface area contributed by atoms with Crippen molar-refractivity contribution in [2.45, 2.75) is 46.1 Å². The summed E-state index contributed by atoms with van der Waals surface area (Å²) in [6.07, 6.45) is 6.88. The Balaban J connectivity index is 1.51. The maximum atomic E-state index is 4.78. The van der Waals surface area contributed by atoms with Crippen molar-refractivity contribution in [1.82, 2.24) is 20.6 Å². The van der Waals surface area contributed by atoms with E-state index in [2.05, 4.69) is 57.5 Å². The third-order valence-electron chi connectivity index (χ3n) is 5.17. The second-order valence-electron chi connectivity index (χ2n) is 7.36. The van der Waals surface area contributed by atoms with Crippen molar-refractivity contribution in [3.8, 4) is 0 Å². The van der Waals surface area contributed by atoms with Gasteiger partial charge in [-0.25, -0.2) is 4.98 Å². The van der Waals surface area contributed by atoms with E-state index in [0.29, 0.717) is 6.04 Å². The molecule has 1 aliphatic heterocycles. The summed E-state index contributed by atoms with van der Waals surface area (Å²) < 4.78 is 0. The lowest BCUT2D eigenvalue weighted by atomic mass is 10.1. The molecule has 3 rings (SSSR count). The van der Waals surface area contributed by atoms with Crippen LogP contribution in [0.5, 0.6) is 0 Å². The molecule has 0 spiro atoms. The van der Waals surface area contributed by atoms with Crippen LogP contribution in [-0.4, -0.2) is 48.1 Å². The Morgan fingerprint density at radius 2 is 2.04 bits per heavy atom. The maximum absolute atomic E-state index is 4.78. The van der Waals surface area contributed by atoms with Crippen molar-refractivity contribution >= 4 is 11.8 Å². The molecule has 6 nitrogen and oxygen atoms in total. The molecule has 6 heteroatoms. The van der Waals surface area contributed by atoms with Crippen LogP contribution < -0.4 is 15.5 Å². The molecule has 2 aromatic rings. The van der Waals surface area contributed by atoms with Gasteiger partial charge in [-0.1, -0.05) is 6.07 Å². The van der Waals surface area contributed by atoms with Crippen LogP contribution in [0.3, 0.4) is 0 Å². The van der Waals surface area contributed by atoms with Crippen LogP contribution in [0.2, 0.25) is 0 Å². The van der Waals surface area contributed by atoms with Crippen LogP contribution in [0.1, 0.15) is 36.6 Å². The first-order valence-electron chi connectivity index (χ1n) is 10.3. The van der Waals surface area contributed by atoms with Gasteiger partial charge in [-0.3, -0.25) is 9.98 Å². The number of aryl methyl sites for hydroxylation is 2. The smallest absolute Gasteiger partial charge is 0.191 e. The fraction of sp³-hybridized carbons (Fsp3) is 0.500. The van der Waals surface area contributed by atoms with E-state index in [-0.39, 0.29) is 0 Å². The molecule has 3 heterocycles. The SMILES string of the molecule is CCNC(=NCCc1ccncc1C)NC1CCN(c2cccc(C)n2)CC1. The molecule has 0 aliphatic carbocycles. The zero-order valence-electron chi connectivity index (χ0n) is 17.3. The topological polar surface area (TPSA) is 65.4 Å². The molecule has 0 aromatic carbocycles. The highest BCUT2D eigenvalue weighted by Crippen LogP contribution is 2.18. The fourth-order valence-corrected chi connectivity index (χ4v) is 3.54. The maximum Gasteiger partial charge on any atom is 0.191 e. The number of hydrogen-bond donors (Lipinski definition) is 2. The molecule has 0 saturated carbocycles. The quantitative estimate of drug-likeness (QED) is 0.596. The van der Waals surface area contributed by atoms with Crippen LogP contribution in [-0.2, 0) is 6.42 Å². The molecule has 1 saturated heterocycles. The number of rotatable bonds is 6. The molecule has 28 heavy (non-hydrogen) atoms. The van der Waals surface area contributed by atoms with Gasteiger partial charge < -0.3 is 15.5 Å². The van der Waals surface area contributed by atoms with Crippen LogP contribution in [0.25, 0.3) is 0 Å².